The molecule has 0 bridgehead atoms. The molecule has 27 heavy (non-hydrogen) atoms. The Balaban J connectivity index is 2.12. The molecule has 0 heterocycles. The normalized spacial score (nSPS) is 12.5. The highest BCUT2D eigenvalue weighted by atomic mass is 28.3. The Labute approximate surface area is 162 Å². The minimum atomic E-state index is -2.40. The van der Waals surface area contributed by atoms with Crippen molar-refractivity contribution < 1.29 is 9.84 Å². The molecule has 3 heteroatoms. The second-order valence-electron chi connectivity index (χ2n) is 6.69. The minimum absolute atomic E-state index is 0.313. The number of ether oxygens (including phenoxy) is 1. The summed E-state index contributed by atoms with van der Waals surface area (Å²) in [4.78, 5) is 0. The van der Waals surface area contributed by atoms with Crippen LogP contribution >= 0.6 is 0 Å². The van der Waals surface area contributed by atoms with Gasteiger partial charge in [-0.15, -0.1) is 6.58 Å². The molecule has 0 saturated heterocycles. The Morgan fingerprint density at radius 1 is 0.778 bits per heavy atom. The predicted octanol–water partition coefficient (Wildman–Crippen LogP) is 2.72. The van der Waals surface area contributed by atoms with Crippen LogP contribution in [0.5, 0.6) is 0 Å². The van der Waals surface area contributed by atoms with Crippen molar-refractivity contribution in [2.24, 2.45) is 0 Å². The molecule has 3 aromatic rings. The van der Waals surface area contributed by atoms with Gasteiger partial charge < -0.3 is 9.84 Å². The molecule has 0 spiro atoms. The van der Waals surface area contributed by atoms with Gasteiger partial charge >= 0.3 is 0 Å². The Morgan fingerprint density at radius 2 is 1.19 bits per heavy atom. The summed E-state index contributed by atoms with van der Waals surface area (Å²) in [6.45, 7) is 4.44. The number of rotatable bonds is 9. The molecule has 0 fully saturated rings. The maximum Gasteiger partial charge on any atom is 0.150 e. The van der Waals surface area contributed by atoms with Crippen LogP contribution in [0.1, 0.15) is 0 Å². The van der Waals surface area contributed by atoms with Crippen molar-refractivity contribution in [3.05, 3.63) is 104 Å². The Hall–Kier alpha value is -2.46. The first-order chi connectivity index (χ1) is 13.3. The minimum Gasteiger partial charge on any atom is -0.391 e. The second kappa shape index (κ2) is 9.47. The third-order valence-corrected chi connectivity index (χ3v) is 9.93. The highest BCUT2D eigenvalue weighted by Crippen LogP contribution is 2.16. The Kier molecular flexibility index (Phi) is 6.77. The highest BCUT2D eigenvalue weighted by Gasteiger charge is 2.40. The monoisotopic (exact) mass is 374 g/mol. The molecule has 0 radical (unpaired) electrons. The lowest BCUT2D eigenvalue weighted by Crippen LogP contribution is -2.68. The van der Waals surface area contributed by atoms with Gasteiger partial charge in [0.15, 0.2) is 8.07 Å². The number of benzene rings is 3. The van der Waals surface area contributed by atoms with E-state index in [-0.39, 0.29) is 0 Å². The molecule has 2 nitrogen and oxygen atoms in total. The fourth-order valence-electron chi connectivity index (χ4n) is 3.72. The molecular weight excluding hydrogens is 348 g/mol. The van der Waals surface area contributed by atoms with Crippen molar-refractivity contribution in [2.75, 3.05) is 13.2 Å². The maximum atomic E-state index is 10.9. The molecule has 0 aliphatic rings. The first-order valence-electron chi connectivity index (χ1n) is 9.30. The summed E-state index contributed by atoms with van der Waals surface area (Å²) >= 11 is 0. The summed E-state index contributed by atoms with van der Waals surface area (Å²) in [7, 11) is -2.40. The van der Waals surface area contributed by atoms with E-state index in [0.29, 0.717) is 19.3 Å². The predicted molar refractivity (Wildman–Crippen MR) is 116 cm³/mol. The molecule has 0 aliphatic heterocycles. The van der Waals surface area contributed by atoms with Crippen molar-refractivity contribution in [2.45, 2.75) is 12.1 Å². The molecule has 1 unspecified atom stereocenters. The van der Waals surface area contributed by atoms with Gasteiger partial charge in [0.25, 0.3) is 0 Å². The van der Waals surface area contributed by atoms with Crippen LogP contribution < -0.4 is 15.6 Å². The summed E-state index contributed by atoms with van der Waals surface area (Å²) in [6.07, 6.45) is 1.17. The van der Waals surface area contributed by atoms with Crippen molar-refractivity contribution in [1.29, 1.82) is 0 Å². The van der Waals surface area contributed by atoms with Gasteiger partial charge in [0.1, 0.15) is 0 Å². The Bertz CT molecular complexity index is 722. The van der Waals surface area contributed by atoms with Crippen LogP contribution in [0.25, 0.3) is 0 Å². The molecular formula is C24H26O2Si. The van der Waals surface area contributed by atoms with E-state index in [9.17, 15) is 5.11 Å². The molecule has 3 rings (SSSR count). The van der Waals surface area contributed by atoms with E-state index in [2.05, 4.69) is 79.4 Å². The van der Waals surface area contributed by atoms with Crippen LogP contribution in [0.2, 0.25) is 6.04 Å². The molecule has 0 aromatic heterocycles. The van der Waals surface area contributed by atoms with Gasteiger partial charge in [-0.25, -0.2) is 0 Å². The van der Waals surface area contributed by atoms with Crippen molar-refractivity contribution in [1.82, 2.24) is 0 Å². The van der Waals surface area contributed by atoms with Crippen molar-refractivity contribution in [3.8, 4) is 0 Å². The topological polar surface area (TPSA) is 29.5 Å². The lowest BCUT2D eigenvalue weighted by molar-refractivity contribution is 0.0595. The highest BCUT2D eigenvalue weighted by molar-refractivity contribution is 7.11. The van der Waals surface area contributed by atoms with Crippen molar-refractivity contribution >= 4 is 23.6 Å². The zero-order valence-corrected chi connectivity index (χ0v) is 16.5. The molecule has 3 aromatic carbocycles. The van der Waals surface area contributed by atoms with Gasteiger partial charge in [0, 0.05) is 0 Å². The maximum absolute atomic E-state index is 10.9. The summed E-state index contributed by atoms with van der Waals surface area (Å²) < 4.78 is 5.55. The van der Waals surface area contributed by atoms with Crippen LogP contribution in [0.15, 0.2) is 104 Å². The Morgan fingerprint density at radius 3 is 1.56 bits per heavy atom. The molecule has 1 N–H and O–H groups in total. The fourth-order valence-corrected chi connectivity index (χ4v) is 8.54. The third-order valence-electron chi connectivity index (χ3n) is 4.89. The summed E-state index contributed by atoms with van der Waals surface area (Å²) in [6, 6.07) is 32.5. The molecule has 0 aliphatic carbocycles. The lowest BCUT2D eigenvalue weighted by Gasteiger charge is -2.35. The first kappa shape index (κ1) is 19.3. The summed E-state index contributed by atoms with van der Waals surface area (Å²) in [5.74, 6) is 0. The lowest BCUT2D eigenvalue weighted by atomic mass is 10.3. The zero-order chi connectivity index (χ0) is 19.0. The second-order valence-corrected chi connectivity index (χ2v) is 10.6. The van der Waals surface area contributed by atoms with Gasteiger partial charge in [0.05, 0.1) is 19.3 Å². The van der Waals surface area contributed by atoms with Gasteiger partial charge in [-0.05, 0) is 21.6 Å². The third kappa shape index (κ3) is 4.45. The van der Waals surface area contributed by atoms with Crippen LogP contribution in [0.4, 0.5) is 0 Å². The average molecular weight is 375 g/mol. The molecule has 1 atom stereocenters. The zero-order valence-electron chi connectivity index (χ0n) is 15.5. The van der Waals surface area contributed by atoms with Gasteiger partial charge in [-0.1, -0.05) is 97.1 Å². The number of hydrogen-bond acceptors (Lipinski definition) is 2. The van der Waals surface area contributed by atoms with E-state index in [4.69, 9.17) is 4.74 Å². The molecule has 138 valence electrons. The van der Waals surface area contributed by atoms with Gasteiger partial charge in [-0.3, -0.25) is 0 Å². The van der Waals surface area contributed by atoms with E-state index < -0.39 is 14.2 Å². The average Bonchev–Trinajstić information content (AvgIpc) is 2.74. The largest absolute Gasteiger partial charge is 0.391 e. The van der Waals surface area contributed by atoms with Gasteiger partial charge in [-0.2, -0.15) is 0 Å². The van der Waals surface area contributed by atoms with Crippen LogP contribution in [0.3, 0.4) is 0 Å². The van der Waals surface area contributed by atoms with Crippen molar-refractivity contribution in [3.63, 3.8) is 0 Å². The van der Waals surface area contributed by atoms with E-state index >= 15 is 0 Å². The molecule has 0 amide bonds. The van der Waals surface area contributed by atoms with E-state index in [1.807, 2.05) is 18.2 Å². The van der Waals surface area contributed by atoms with Crippen LogP contribution in [-0.2, 0) is 4.74 Å². The fraction of sp³-hybridized carbons (Fsp3) is 0.167. The quantitative estimate of drug-likeness (QED) is 0.270. The van der Waals surface area contributed by atoms with E-state index in [1.54, 1.807) is 6.08 Å². The number of hydrogen-bond donors (Lipinski definition) is 1. The van der Waals surface area contributed by atoms with Gasteiger partial charge in [0.2, 0.25) is 0 Å². The first-order valence-corrected chi connectivity index (χ1v) is 11.5. The summed E-state index contributed by atoms with van der Waals surface area (Å²) in [5.41, 5.74) is 0. The number of aliphatic hydroxyl groups excluding tert-OH is 1. The van der Waals surface area contributed by atoms with Crippen LogP contribution in [-0.4, -0.2) is 32.5 Å². The smallest absolute Gasteiger partial charge is 0.150 e. The molecule has 0 saturated carbocycles. The SMILES string of the molecule is C=CCOCC(O)C[Si](c1ccccc1)(c1ccccc1)c1ccccc1. The standard InChI is InChI=1S/C24H26O2Si/c1-2-18-26-19-21(25)20-27(22-12-6-3-7-13-22,23-14-8-4-9-15-23)24-16-10-5-11-17-24/h2-17,21,25H,1,18-20H2. The van der Waals surface area contributed by atoms with Crippen LogP contribution in [0, 0.1) is 0 Å². The van der Waals surface area contributed by atoms with E-state index in [1.165, 1.54) is 15.6 Å². The number of aliphatic hydroxyl groups is 1. The van der Waals surface area contributed by atoms with E-state index in [0.717, 1.165) is 0 Å². The summed E-state index contributed by atoms with van der Waals surface area (Å²) in [5, 5.41) is 14.8.